The van der Waals surface area contributed by atoms with Gasteiger partial charge in [-0.05, 0) is 47.0 Å². The SMILES string of the molecule is [2H]c1c([2H])c([2H])c(-c2c([2H])c([2H])c([2H])c3oc4c([2H])c([2H])c([2H])c(-c5nc(-c6ccccc6)nc(-n6c7ccccc7c7ccc8c9ccccc9n(-c9ccccc9-c9ccccc9)c8c76)n5)c4c23)c([2H])c1[2H]. The molecule has 0 bridgehead atoms. The number of furan rings is 1. The van der Waals surface area contributed by atoms with E-state index in [2.05, 4.69) is 53.1 Å². The Balaban J connectivity index is 1.21. The maximum absolute atomic E-state index is 9.69. The van der Waals surface area contributed by atoms with Crippen LogP contribution in [0.4, 0.5) is 0 Å². The van der Waals surface area contributed by atoms with Gasteiger partial charge >= 0.3 is 0 Å². The largest absolute Gasteiger partial charge is 0.456 e. The van der Waals surface area contributed by atoms with E-state index in [1.54, 1.807) is 0 Å². The lowest BCUT2D eigenvalue weighted by atomic mass is 9.97. The second kappa shape index (κ2) is 14.0. The molecule has 0 fully saturated rings. The number of aromatic nitrogens is 5. The van der Waals surface area contributed by atoms with Crippen LogP contribution in [0.2, 0.25) is 0 Å². The van der Waals surface area contributed by atoms with Gasteiger partial charge in [-0.1, -0.05) is 182 Å². The topological polar surface area (TPSA) is 61.7 Å². The monoisotopic (exact) mass is 816 g/mol. The van der Waals surface area contributed by atoms with E-state index in [4.69, 9.17) is 29.0 Å². The molecule has 6 heteroatoms. The number of benzene rings is 9. The highest BCUT2D eigenvalue weighted by Gasteiger charge is 2.25. The fourth-order valence-electron chi connectivity index (χ4n) is 9.02. The molecule has 0 atom stereocenters. The molecule has 0 saturated carbocycles. The molecule has 294 valence electrons. The third-order valence-electron chi connectivity index (χ3n) is 11.7. The maximum Gasteiger partial charge on any atom is 0.238 e. The Bertz CT molecular complexity index is 4540. The first-order chi connectivity index (χ1) is 35.8. The van der Waals surface area contributed by atoms with Crippen LogP contribution in [0.1, 0.15) is 15.1 Å². The molecule has 4 heterocycles. The second-order valence-electron chi connectivity index (χ2n) is 15.1. The van der Waals surface area contributed by atoms with Crippen LogP contribution in [-0.2, 0) is 0 Å². The summed E-state index contributed by atoms with van der Waals surface area (Å²) in [7, 11) is 0. The van der Waals surface area contributed by atoms with E-state index in [1.165, 1.54) is 0 Å². The molecule has 4 aromatic heterocycles. The van der Waals surface area contributed by atoms with Crippen molar-refractivity contribution < 1.29 is 19.5 Å². The van der Waals surface area contributed by atoms with Crippen molar-refractivity contribution >= 4 is 65.6 Å². The van der Waals surface area contributed by atoms with Crippen molar-refractivity contribution in [2.45, 2.75) is 0 Å². The molecule has 0 unspecified atom stereocenters. The van der Waals surface area contributed by atoms with Gasteiger partial charge < -0.3 is 8.98 Å². The number of nitrogens with zero attached hydrogens (tertiary/aromatic N) is 5. The van der Waals surface area contributed by atoms with Crippen LogP contribution in [0.15, 0.2) is 216 Å². The van der Waals surface area contributed by atoms with E-state index in [-0.39, 0.29) is 50.7 Å². The quantitative estimate of drug-likeness (QED) is 0.168. The zero-order valence-electron chi connectivity index (χ0n) is 44.0. The smallest absolute Gasteiger partial charge is 0.238 e. The summed E-state index contributed by atoms with van der Waals surface area (Å²) in [6.07, 6.45) is 0. The molecule has 13 rings (SSSR count). The predicted molar refractivity (Wildman–Crippen MR) is 258 cm³/mol. The molecule has 0 aliphatic rings. The molecule has 6 nitrogen and oxygen atoms in total. The molecule has 0 saturated heterocycles. The number of hydrogen-bond donors (Lipinski definition) is 0. The van der Waals surface area contributed by atoms with Crippen molar-refractivity contribution in [3.8, 4) is 56.7 Å². The van der Waals surface area contributed by atoms with Crippen molar-refractivity contribution in [1.82, 2.24) is 24.1 Å². The molecule has 0 N–H and O–H groups in total. The van der Waals surface area contributed by atoms with Crippen molar-refractivity contribution in [3.05, 3.63) is 212 Å². The Morgan fingerprint density at radius 2 is 0.937 bits per heavy atom. The van der Waals surface area contributed by atoms with Crippen LogP contribution < -0.4 is 0 Å². The Kier molecular flexibility index (Phi) is 5.74. The summed E-state index contributed by atoms with van der Waals surface area (Å²) in [5, 5.41) is 3.43. The van der Waals surface area contributed by atoms with E-state index >= 15 is 0 Å². The fraction of sp³-hybridized carbons (Fsp3) is 0. The van der Waals surface area contributed by atoms with Gasteiger partial charge in [-0.2, -0.15) is 9.97 Å². The molecule has 13 aromatic rings. The Morgan fingerprint density at radius 1 is 0.381 bits per heavy atom. The minimum absolute atomic E-state index is 0.115. The summed E-state index contributed by atoms with van der Waals surface area (Å²) in [5.74, 6) is 0.125. The fourth-order valence-corrected chi connectivity index (χ4v) is 9.02. The van der Waals surface area contributed by atoms with Crippen LogP contribution in [-0.4, -0.2) is 24.1 Å². The predicted octanol–water partition coefficient (Wildman–Crippen LogP) is 14.6. The normalized spacial score (nSPS) is 14.3. The third kappa shape index (κ3) is 5.41. The van der Waals surface area contributed by atoms with Gasteiger partial charge in [0.05, 0.1) is 42.8 Å². The van der Waals surface area contributed by atoms with Gasteiger partial charge in [0.25, 0.3) is 0 Å². The van der Waals surface area contributed by atoms with Crippen molar-refractivity contribution in [2.75, 3.05) is 0 Å². The lowest BCUT2D eigenvalue weighted by molar-refractivity contribution is 0.669. The number of para-hydroxylation sites is 3. The third-order valence-corrected chi connectivity index (χ3v) is 11.7. The van der Waals surface area contributed by atoms with Crippen molar-refractivity contribution in [2.24, 2.45) is 0 Å². The van der Waals surface area contributed by atoms with Crippen LogP contribution in [0, 0.1) is 0 Å². The van der Waals surface area contributed by atoms with Crippen molar-refractivity contribution in [1.29, 1.82) is 0 Å². The van der Waals surface area contributed by atoms with Crippen molar-refractivity contribution in [3.63, 3.8) is 0 Å². The molecule has 0 aliphatic carbocycles. The summed E-state index contributed by atoms with van der Waals surface area (Å²) in [5.41, 5.74) is 5.18. The van der Waals surface area contributed by atoms with E-state index in [0.29, 0.717) is 5.56 Å². The zero-order valence-corrected chi connectivity index (χ0v) is 33.0. The summed E-state index contributed by atoms with van der Waals surface area (Å²) < 4.78 is 109. The highest BCUT2D eigenvalue weighted by atomic mass is 16.3. The van der Waals surface area contributed by atoms with Gasteiger partial charge in [-0.15, -0.1) is 0 Å². The molecular weight excluding hydrogens is 771 g/mol. The number of hydrogen-bond acceptors (Lipinski definition) is 4. The minimum atomic E-state index is -0.698. The average molecular weight is 817 g/mol. The van der Waals surface area contributed by atoms with E-state index in [9.17, 15) is 5.48 Å². The van der Waals surface area contributed by atoms with E-state index in [1.807, 2.05) is 102 Å². The Morgan fingerprint density at radius 3 is 1.65 bits per heavy atom. The first kappa shape index (κ1) is 25.9. The standard InChI is InChI=1S/C57H35N5O/c1-4-18-36(19-5-1)39-24-10-13-29-46(39)61-47-30-14-11-25-41(47)43-34-35-44-42-26-12-15-31-48(42)62(54(44)53(43)61)57-59-55(38-22-8-3-9-23-38)58-56(60-57)45-28-17-33-50-52(45)51-40(27-16-32-49(51)63-50)37-20-6-2-7-21-37/h1-35H/i2D,6D,7D,16D,17D,20D,21D,27D,28D,32D,33D. The van der Waals surface area contributed by atoms with Crippen LogP contribution >= 0.6 is 0 Å². The van der Waals surface area contributed by atoms with Gasteiger partial charge in [0.2, 0.25) is 5.95 Å². The van der Waals surface area contributed by atoms with Crippen LogP contribution in [0.25, 0.3) is 122 Å². The van der Waals surface area contributed by atoms with Crippen LogP contribution in [0.5, 0.6) is 0 Å². The summed E-state index contributed by atoms with van der Waals surface area (Å²) in [4.78, 5) is 15.5. The van der Waals surface area contributed by atoms with Gasteiger partial charge in [0, 0.05) is 49.0 Å². The maximum atomic E-state index is 9.69. The summed E-state index contributed by atoms with van der Waals surface area (Å²) >= 11 is 0. The second-order valence-corrected chi connectivity index (χ2v) is 15.1. The highest BCUT2D eigenvalue weighted by molar-refractivity contribution is 6.24. The first-order valence-electron chi connectivity index (χ1n) is 25.8. The van der Waals surface area contributed by atoms with E-state index in [0.717, 1.165) is 60.4 Å². The van der Waals surface area contributed by atoms with Crippen LogP contribution in [0.3, 0.4) is 0 Å². The summed E-state index contributed by atoms with van der Waals surface area (Å²) in [6, 6.07) is 41.0. The molecular formula is C57H35N5O. The molecule has 0 aliphatic heterocycles. The van der Waals surface area contributed by atoms with Gasteiger partial charge in [0.1, 0.15) is 11.2 Å². The zero-order chi connectivity index (χ0) is 51.0. The lowest BCUT2D eigenvalue weighted by Gasteiger charge is -2.16. The van der Waals surface area contributed by atoms with Gasteiger partial charge in [-0.3, -0.25) is 4.57 Å². The summed E-state index contributed by atoms with van der Waals surface area (Å²) in [6.45, 7) is 0. The first-order valence-corrected chi connectivity index (χ1v) is 20.3. The molecule has 0 spiro atoms. The van der Waals surface area contributed by atoms with Gasteiger partial charge in [-0.25, -0.2) is 4.98 Å². The number of rotatable bonds is 6. The molecule has 63 heavy (non-hydrogen) atoms. The molecule has 0 radical (unpaired) electrons. The number of fused-ring (bicyclic) bond motifs is 10. The molecule has 0 amide bonds. The Hall–Kier alpha value is -8.61. The minimum Gasteiger partial charge on any atom is -0.456 e. The Labute approximate surface area is 377 Å². The lowest BCUT2D eigenvalue weighted by Crippen LogP contribution is -2.07. The van der Waals surface area contributed by atoms with E-state index < -0.39 is 72.0 Å². The van der Waals surface area contributed by atoms with Gasteiger partial charge in [0.15, 0.2) is 11.6 Å². The average Bonchev–Trinajstić information content (AvgIpc) is 4.12. The highest BCUT2D eigenvalue weighted by Crippen LogP contribution is 2.44. The molecule has 9 aromatic carbocycles.